The molecule has 2 fully saturated rings. The van der Waals surface area contributed by atoms with Gasteiger partial charge in [-0.25, -0.2) is 0 Å². The summed E-state index contributed by atoms with van der Waals surface area (Å²) < 4.78 is 0. The van der Waals surface area contributed by atoms with Crippen LogP contribution in [0.15, 0.2) is 24.3 Å². The summed E-state index contributed by atoms with van der Waals surface area (Å²) in [5, 5.41) is 11.7. The Bertz CT molecular complexity index is 560. The molecule has 1 amide bonds. The zero-order valence-electron chi connectivity index (χ0n) is 11.4. The van der Waals surface area contributed by atoms with Crippen LogP contribution in [0.3, 0.4) is 0 Å². The molecular weight excluding hydrogens is 250 g/mol. The van der Waals surface area contributed by atoms with Crippen LogP contribution in [-0.2, 0) is 4.79 Å². The van der Waals surface area contributed by atoms with Crippen molar-refractivity contribution < 1.29 is 9.90 Å². The monoisotopic (exact) mass is 269 g/mol. The topological polar surface area (TPSA) is 49.3 Å². The number of benzene rings is 1. The molecule has 2 atom stereocenters. The van der Waals surface area contributed by atoms with E-state index in [1.54, 1.807) is 0 Å². The lowest BCUT2D eigenvalue weighted by Crippen LogP contribution is -2.21. The number of hydrogen-bond donors (Lipinski definition) is 2. The number of fused-ring (bicyclic) bond motifs is 1. The Morgan fingerprint density at radius 1 is 1.30 bits per heavy atom. The van der Waals surface area contributed by atoms with Gasteiger partial charge >= 0.3 is 0 Å². The average molecular weight is 269 g/mol. The van der Waals surface area contributed by atoms with E-state index in [1.807, 2.05) is 24.3 Å². The van der Waals surface area contributed by atoms with Gasteiger partial charge in [-0.3, -0.25) is 4.79 Å². The summed E-state index contributed by atoms with van der Waals surface area (Å²) in [6.07, 6.45) is 3.93. The van der Waals surface area contributed by atoms with Crippen LogP contribution < -0.4 is 5.32 Å². The molecule has 3 heteroatoms. The van der Waals surface area contributed by atoms with Crippen molar-refractivity contribution >= 4 is 11.6 Å². The molecule has 2 N–H and O–H groups in total. The minimum atomic E-state index is 0.0768. The fraction of sp³-hybridized carbons (Fsp3) is 0.471. The second kappa shape index (κ2) is 5.68. The third-order valence-corrected chi connectivity index (χ3v) is 4.21. The molecular formula is C17H19NO2. The summed E-state index contributed by atoms with van der Waals surface area (Å²) in [5.74, 6) is 7.86. The molecule has 2 aliphatic rings. The number of anilines is 1. The van der Waals surface area contributed by atoms with Gasteiger partial charge in [0.2, 0.25) is 5.91 Å². The molecule has 0 heterocycles. The minimum Gasteiger partial charge on any atom is -0.395 e. The molecule has 1 aromatic rings. The van der Waals surface area contributed by atoms with E-state index in [4.69, 9.17) is 5.11 Å². The maximum atomic E-state index is 12.2. The summed E-state index contributed by atoms with van der Waals surface area (Å²) in [4.78, 5) is 12.2. The third-order valence-electron chi connectivity index (χ3n) is 4.21. The molecule has 2 saturated carbocycles. The Labute approximate surface area is 119 Å². The standard InChI is InChI=1S/C17H19NO2/c19-7-2-1-4-12-5-3-6-16(8-12)18-17(20)15-10-13-9-14(13)11-15/h3,5-6,8,13-15,19H,2,7,9-11H2,(H,18,20). The first-order chi connectivity index (χ1) is 9.76. The highest BCUT2D eigenvalue weighted by atomic mass is 16.2. The highest BCUT2D eigenvalue weighted by Crippen LogP contribution is 2.54. The van der Waals surface area contributed by atoms with Gasteiger partial charge in [0.05, 0.1) is 6.61 Å². The Morgan fingerprint density at radius 2 is 2.10 bits per heavy atom. The molecule has 2 unspecified atom stereocenters. The molecule has 0 aromatic heterocycles. The molecule has 3 rings (SSSR count). The second-order valence-corrected chi connectivity index (χ2v) is 5.77. The van der Waals surface area contributed by atoms with E-state index in [0.29, 0.717) is 6.42 Å². The van der Waals surface area contributed by atoms with Crippen molar-refractivity contribution in [3.63, 3.8) is 0 Å². The number of aliphatic hydroxyl groups is 1. The van der Waals surface area contributed by atoms with Gasteiger partial charge in [-0.1, -0.05) is 17.9 Å². The van der Waals surface area contributed by atoms with E-state index in [0.717, 1.165) is 35.9 Å². The van der Waals surface area contributed by atoms with Crippen LogP contribution >= 0.6 is 0 Å². The van der Waals surface area contributed by atoms with E-state index in [-0.39, 0.29) is 18.4 Å². The summed E-state index contributed by atoms with van der Waals surface area (Å²) in [6.45, 7) is 0.0768. The predicted octanol–water partition coefficient (Wildman–Crippen LogP) is 2.41. The van der Waals surface area contributed by atoms with Crippen LogP contribution in [-0.4, -0.2) is 17.6 Å². The van der Waals surface area contributed by atoms with E-state index < -0.39 is 0 Å². The van der Waals surface area contributed by atoms with Gasteiger partial charge in [-0.05, 0) is 49.3 Å². The van der Waals surface area contributed by atoms with Crippen LogP contribution in [0, 0.1) is 29.6 Å². The first-order valence-electron chi connectivity index (χ1n) is 7.27. The molecule has 104 valence electrons. The Morgan fingerprint density at radius 3 is 2.85 bits per heavy atom. The SMILES string of the molecule is O=C(Nc1cccc(C#CCCO)c1)C1CC2CC2C1. The Balaban J connectivity index is 1.61. The van der Waals surface area contributed by atoms with Gasteiger partial charge in [0.25, 0.3) is 0 Å². The fourth-order valence-corrected chi connectivity index (χ4v) is 3.07. The van der Waals surface area contributed by atoms with Gasteiger partial charge in [0.1, 0.15) is 0 Å². The van der Waals surface area contributed by atoms with Crippen molar-refractivity contribution in [3.05, 3.63) is 29.8 Å². The van der Waals surface area contributed by atoms with E-state index in [2.05, 4.69) is 17.2 Å². The maximum absolute atomic E-state index is 12.2. The second-order valence-electron chi connectivity index (χ2n) is 5.77. The van der Waals surface area contributed by atoms with Gasteiger partial charge in [-0.2, -0.15) is 0 Å². The average Bonchev–Trinajstić information content (AvgIpc) is 3.06. The maximum Gasteiger partial charge on any atom is 0.227 e. The van der Waals surface area contributed by atoms with Crippen molar-refractivity contribution in [2.45, 2.75) is 25.7 Å². The Kier molecular flexibility index (Phi) is 3.75. The van der Waals surface area contributed by atoms with Crippen LogP contribution in [0.1, 0.15) is 31.2 Å². The van der Waals surface area contributed by atoms with E-state index >= 15 is 0 Å². The smallest absolute Gasteiger partial charge is 0.227 e. The van der Waals surface area contributed by atoms with Crippen molar-refractivity contribution in [2.75, 3.05) is 11.9 Å². The molecule has 0 bridgehead atoms. The van der Waals surface area contributed by atoms with Gasteiger partial charge in [-0.15, -0.1) is 0 Å². The van der Waals surface area contributed by atoms with Gasteiger partial charge < -0.3 is 10.4 Å². The number of hydrogen-bond acceptors (Lipinski definition) is 2. The summed E-state index contributed by atoms with van der Waals surface area (Å²) in [5.41, 5.74) is 1.68. The molecule has 0 radical (unpaired) electrons. The molecule has 3 nitrogen and oxygen atoms in total. The van der Waals surface area contributed by atoms with Gasteiger partial charge in [0, 0.05) is 23.6 Å². The summed E-state index contributed by atoms with van der Waals surface area (Å²) >= 11 is 0. The number of carbonyl (C=O) groups is 1. The fourth-order valence-electron chi connectivity index (χ4n) is 3.07. The highest BCUT2D eigenvalue weighted by molar-refractivity contribution is 5.93. The zero-order valence-corrected chi connectivity index (χ0v) is 11.4. The first kappa shape index (κ1) is 13.2. The number of nitrogens with one attached hydrogen (secondary N) is 1. The number of rotatable bonds is 3. The van der Waals surface area contributed by atoms with Crippen molar-refractivity contribution in [1.82, 2.24) is 0 Å². The normalized spacial score (nSPS) is 26.4. The van der Waals surface area contributed by atoms with Crippen LogP contribution in [0.4, 0.5) is 5.69 Å². The van der Waals surface area contributed by atoms with Crippen molar-refractivity contribution in [1.29, 1.82) is 0 Å². The molecule has 1 aromatic carbocycles. The number of amides is 1. The quantitative estimate of drug-likeness (QED) is 0.828. The highest BCUT2D eigenvalue weighted by Gasteiger charge is 2.47. The Hall–Kier alpha value is -1.79. The van der Waals surface area contributed by atoms with E-state index in [1.165, 1.54) is 6.42 Å². The minimum absolute atomic E-state index is 0.0768. The van der Waals surface area contributed by atoms with Crippen molar-refractivity contribution in [2.24, 2.45) is 17.8 Å². The molecule has 0 aliphatic heterocycles. The first-order valence-corrected chi connectivity index (χ1v) is 7.27. The van der Waals surface area contributed by atoms with Crippen LogP contribution in [0.2, 0.25) is 0 Å². The molecule has 0 saturated heterocycles. The number of carbonyl (C=O) groups excluding carboxylic acids is 1. The zero-order chi connectivity index (χ0) is 13.9. The van der Waals surface area contributed by atoms with Crippen molar-refractivity contribution in [3.8, 4) is 11.8 Å². The lowest BCUT2D eigenvalue weighted by Gasteiger charge is -2.12. The third kappa shape index (κ3) is 3.02. The lowest BCUT2D eigenvalue weighted by molar-refractivity contribution is -0.120. The van der Waals surface area contributed by atoms with Gasteiger partial charge in [0.15, 0.2) is 0 Å². The lowest BCUT2D eigenvalue weighted by atomic mass is 10.0. The van der Waals surface area contributed by atoms with Crippen LogP contribution in [0.25, 0.3) is 0 Å². The summed E-state index contributed by atoms with van der Waals surface area (Å²) in [7, 11) is 0. The largest absolute Gasteiger partial charge is 0.395 e. The number of aliphatic hydroxyl groups excluding tert-OH is 1. The molecule has 2 aliphatic carbocycles. The molecule has 0 spiro atoms. The molecule has 20 heavy (non-hydrogen) atoms. The summed E-state index contributed by atoms with van der Waals surface area (Å²) in [6, 6.07) is 7.58. The predicted molar refractivity (Wildman–Crippen MR) is 78.0 cm³/mol. The van der Waals surface area contributed by atoms with Crippen LogP contribution in [0.5, 0.6) is 0 Å². The van der Waals surface area contributed by atoms with E-state index in [9.17, 15) is 4.79 Å².